The van der Waals surface area contributed by atoms with Crippen LogP contribution in [0.15, 0.2) is 15.3 Å². The lowest BCUT2D eigenvalue weighted by molar-refractivity contribution is 0.420. The van der Waals surface area contributed by atoms with Gasteiger partial charge in [-0.2, -0.15) is 16.3 Å². The number of nitrogens with one attached hydrogen (secondary N) is 1. The van der Waals surface area contributed by atoms with Crippen LogP contribution >= 0.6 is 11.3 Å². The maximum Gasteiger partial charge on any atom is 0.322 e. The first-order chi connectivity index (χ1) is 7.46. The minimum atomic E-state index is -0.0759. The molecule has 0 aliphatic rings. The van der Waals surface area contributed by atoms with Gasteiger partial charge in [-0.15, -0.1) is 0 Å². The van der Waals surface area contributed by atoms with Crippen molar-refractivity contribution in [1.82, 2.24) is 10.1 Å². The standard InChI is InChI=1S/C11H15N3OS/c1-7-5-16-6-8(7)9-12-10(15-14-9)13-11(2,3)4/h5-6H,1-4H3,(H,12,13,14). The lowest BCUT2D eigenvalue weighted by Gasteiger charge is -2.17. The van der Waals surface area contributed by atoms with Crippen molar-refractivity contribution in [3.8, 4) is 11.4 Å². The van der Waals surface area contributed by atoms with Crippen LogP contribution in [0.4, 0.5) is 6.01 Å². The molecule has 0 radical (unpaired) electrons. The molecule has 4 nitrogen and oxygen atoms in total. The van der Waals surface area contributed by atoms with E-state index in [-0.39, 0.29) is 5.54 Å². The van der Waals surface area contributed by atoms with E-state index in [9.17, 15) is 0 Å². The van der Waals surface area contributed by atoms with Crippen molar-refractivity contribution in [2.45, 2.75) is 33.2 Å². The van der Waals surface area contributed by atoms with Gasteiger partial charge in [0.2, 0.25) is 5.82 Å². The van der Waals surface area contributed by atoms with Crippen molar-refractivity contribution in [3.05, 3.63) is 16.3 Å². The molecule has 0 saturated carbocycles. The van der Waals surface area contributed by atoms with Gasteiger partial charge in [0.1, 0.15) is 0 Å². The molecular weight excluding hydrogens is 222 g/mol. The summed E-state index contributed by atoms with van der Waals surface area (Å²) in [6.45, 7) is 8.19. The second-order valence-corrected chi connectivity index (χ2v) is 5.51. The third kappa shape index (κ3) is 2.41. The lowest BCUT2D eigenvalue weighted by Crippen LogP contribution is -2.26. The maximum absolute atomic E-state index is 5.15. The molecule has 0 amide bonds. The van der Waals surface area contributed by atoms with E-state index in [0.29, 0.717) is 11.8 Å². The highest BCUT2D eigenvalue weighted by atomic mass is 32.1. The Hall–Kier alpha value is -1.36. The van der Waals surface area contributed by atoms with E-state index in [1.54, 1.807) is 11.3 Å². The molecule has 5 heteroatoms. The molecule has 0 spiro atoms. The van der Waals surface area contributed by atoms with Crippen molar-refractivity contribution in [1.29, 1.82) is 0 Å². The molecule has 0 aliphatic heterocycles. The zero-order valence-electron chi connectivity index (χ0n) is 9.87. The number of aromatic nitrogens is 2. The summed E-state index contributed by atoms with van der Waals surface area (Å²) in [6, 6.07) is 0.466. The molecule has 0 bridgehead atoms. The Kier molecular flexibility index (Phi) is 2.71. The van der Waals surface area contributed by atoms with Gasteiger partial charge in [0.15, 0.2) is 0 Å². The highest BCUT2D eigenvalue weighted by Crippen LogP contribution is 2.25. The maximum atomic E-state index is 5.15. The summed E-state index contributed by atoms with van der Waals surface area (Å²) in [5.41, 5.74) is 2.14. The van der Waals surface area contributed by atoms with Crippen molar-refractivity contribution in [2.75, 3.05) is 5.32 Å². The highest BCUT2D eigenvalue weighted by Gasteiger charge is 2.16. The lowest BCUT2D eigenvalue weighted by atomic mass is 10.1. The molecule has 2 rings (SSSR count). The van der Waals surface area contributed by atoms with Crippen molar-refractivity contribution in [3.63, 3.8) is 0 Å². The first-order valence-corrected chi connectivity index (χ1v) is 6.05. The normalized spacial score (nSPS) is 11.8. The van der Waals surface area contributed by atoms with E-state index < -0.39 is 0 Å². The van der Waals surface area contributed by atoms with Gasteiger partial charge in [-0.05, 0) is 38.6 Å². The van der Waals surface area contributed by atoms with Crippen LogP contribution in [0.1, 0.15) is 26.3 Å². The fraction of sp³-hybridized carbons (Fsp3) is 0.455. The van der Waals surface area contributed by atoms with Gasteiger partial charge in [-0.25, -0.2) is 0 Å². The molecule has 86 valence electrons. The fourth-order valence-corrected chi connectivity index (χ4v) is 2.12. The second-order valence-electron chi connectivity index (χ2n) is 4.77. The molecule has 0 atom stereocenters. The van der Waals surface area contributed by atoms with Gasteiger partial charge in [0.05, 0.1) is 0 Å². The number of aryl methyl sites for hydroxylation is 1. The molecule has 2 aromatic rings. The third-order valence-corrected chi connectivity index (χ3v) is 2.87. The summed E-state index contributed by atoms with van der Waals surface area (Å²) in [7, 11) is 0. The average Bonchev–Trinajstić information content (AvgIpc) is 2.71. The minimum Gasteiger partial charge on any atom is -0.333 e. The van der Waals surface area contributed by atoms with Crippen LogP contribution in [0, 0.1) is 6.92 Å². The molecule has 1 N–H and O–H groups in total. The van der Waals surface area contributed by atoms with Gasteiger partial charge in [-0.3, -0.25) is 0 Å². The zero-order valence-corrected chi connectivity index (χ0v) is 10.7. The highest BCUT2D eigenvalue weighted by molar-refractivity contribution is 7.08. The van der Waals surface area contributed by atoms with Gasteiger partial charge >= 0.3 is 6.01 Å². The average molecular weight is 237 g/mol. The zero-order chi connectivity index (χ0) is 11.8. The number of hydrogen-bond donors (Lipinski definition) is 1. The third-order valence-electron chi connectivity index (χ3n) is 2.00. The molecule has 0 aromatic carbocycles. The molecule has 0 saturated heterocycles. The van der Waals surface area contributed by atoms with Gasteiger partial charge in [-0.1, -0.05) is 5.16 Å². The van der Waals surface area contributed by atoms with Crippen LogP contribution in [0.3, 0.4) is 0 Å². The minimum absolute atomic E-state index is 0.0759. The van der Waals surface area contributed by atoms with Crippen molar-refractivity contribution in [2.24, 2.45) is 0 Å². The largest absolute Gasteiger partial charge is 0.333 e. The topological polar surface area (TPSA) is 51.0 Å². The Morgan fingerprint density at radius 1 is 1.31 bits per heavy atom. The summed E-state index contributed by atoms with van der Waals surface area (Å²) in [5, 5.41) is 11.2. The number of anilines is 1. The monoisotopic (exact) mass is 237 g/mol. The van der Waals surface area contributed by atoms with Crippen LogP contribution in [-0.4, -0.2) is 15.7 Å². The number of thiophene rings is 1. The van der Waals surface area contributed by atoms with E-state index >= 15 is 0 Å². The van der Waals surface area contributed by atoms with E-state index in [2.05, 4.69) is 20.8 Å². The first-order valence-electron chi connectivity index (χ1n) is 5.11. The molecule has 2 heterocycles. The summed E-state index contributed by atoms with van der Waals surface area (Å²) >= 11 is 1.64. The number of hydrogen-bond acceptors (Lipinski definition) is 5. The van der Waals surface area contributed by atoms with Crippen LogP contribution < -0.4 is 5.32 Å². The Bertz CT molecular complexity index is 481. The summed E-state index contributed by atoms with van der Waals surface area (Å²) in [4.78, 5) is 4.32. The van der Waals surface area contributed by atoms with E-state index in [1.807, 2.05) is 33.1 Å². The van der Waals surface area contributed by atoms with E-state index in [0.717, 1.165) is 5.56 Å². The van der Waals surface area contributed by atoms with Gasteiger partial charge < -0.3 is 9.84 Å². The smallest absolute Gasteiger partial charge is 0.322 e. The number of rotatable bonds is 2. The molecular formula is C11H15N3OS. The van der Waals surface area contributed by atoms with Crippen LogP contribution in [0.2, 0.25) is 0 Å². The summed E-state index contributed by atoms with van der Waals surface area (Å²) < 4.78 is 5.15. The molecule has 0 unspecified atom stereocenters. The second kappa shape index (κ2) is 3.90. The quantitative estimate of drug-likeness (QED) is 0.870. The van der Waals surface area contributed by atoms with E-state index in [1.165, 1.54) is 5.56 Å². The number of nitrogens with zero attached hydrogens (tertiary/aromatic N) is 2. The predicted octanol–water partition coefficient (Wildman–Crippen LogP) is 3.32. The predicted molar refractivity (Wildman–Crippen MR) is 65.7 cm³/mol. The van der Waals surface area contributed by atoms with Gasteiger partial charge in [0.25, 0.3) is 0 Å². The van der Waals surface area contributed by atoms with Crippen LogP contribution in [0.5, 0.6) is 0 Å². The van der Waals surface area contributed by atoms with Crippen LogP contribution in [-0.2, 0) is 0 Å². The Balaban J connectivity index is 2.24. The van der Waals surface area contributed by atoms with Gasteiger partial charge in [0, 0.05) is 16.5 Å². The molecule has 0 fully saturated rings. The Morgan fingerprint density at radius 2 is 2.06 bits per heavy atom. The summed E-state index contributed by atoms with van der Waals surface area (Å²) in [5.74, 6) is 0.644. The van der Waals surface area contributed by atoms with Crippen molar-refractivity contribution < 1.29 is 4.52 Å². The molecule has 2 aromatic heterocycles. The first kappa shape index (κ1) is 11.1. The van der Waals surface area contributed by atoms with E-state index in [4.69, 9.17) is 4.52 Å². The molecule has 0 aliphatic carbocycles. The molecule has 16 heavy (non-hydrogen) atoms. The van der Waals surface area contributed by atoms with Crippen molar-refractivity contribution >= 4 is 17.4 Å². The van der Waals surface area contributed by atoms with Crippen LogP contribution in [0.25, 0.3) is 11.4 Å². The summed E-state index contributed by atoms with van der Waals surface area (Å²) in [6.07, 6.45) is 0. The Labute approximate surface area is 98.7 Å². The Morgan fingerprint density at radius 3 is 2.62 bits per heavy atom. The SMILES string of the molecule is Cc1cscc1-c1noc(NC(C)(C)C)n1. The fourth-order valence-electron chi connectivity index (χ4n) is 1.29.